The Morgan fingerprint density at radius 1 is 1.09 bits per heavy atom. The summed E-state index contributed by atoms with van der Waals surface area (Å²) in [5, 5.41) is 10.7. The number of pyridine rings is 1. The Balaban J connectivity index is 1.67. The molecule has 1 amide bonds. The molecule has 15 heteroatoms. The molecule has 2 heterocycles. The number of halogens is 2. The Labute approximate surface area is 263 Å². The number of thioether (sulfide) groups is 1. The smallest absolute Gasteiger partial charge is 0.335 e. The van der Waals surface area contributed by atoms with Crippen molar-refractivity contribution in [2.75, 3.05) is 40.6 Å². The van der Waals surface area contributed by atoms with Crippen molar-refractivity contribution >= 4 is 56.9 Å². The molecule has 1 saturated heterocycles. The first-order valence-electron chi connectivity index (χ1n) is 12.8. The van der Waals surface area contributed by atoms with Gasteiger partial charge in [-0.1, -0.05) is 35.3 Å². The number of esters is 1. The molecule has 0 unspecified atom stereocenters. The molecule has 0 radical (unpaired) electrons. The maximum Gasteiger partial charge on any atom is 0.335 e. The van der Waals surface area contributed by atoms with Crippen LogP contribution >= 0.6 is 35.0 Å². The molecule has 0 N–H and O–H groups in total. The molecule has 0 aliphatic carbocycles. The number of sulfonamides is 1. The molecular weight excluding hydrogens is 641 g/mol. The lowest BCUT2D eigenvalue weighted by atomic mass is 10.0. The number of carbonyl (C=O) groups is 2. The minimum Gasteiger partial charge on any atom is -0.619 e. The van der Waals surface area contributed by atoms with Gasteiger partial charge in [0.1, 0.15) is 16.1 Å². The maximum absolute atomic E-state index is 13.7. The Morgan fingerprint density at radius 3 is 2.40 bits per heavy atom. The Kier molecular flexibility index (Phi) is 10.3. The number of hydrogen-bond donors (Lipinski definition) is 0. The number of hydrogen-bond acceptors (Lipinski definition) is 9. The van der Waals surface area contributed by atoms with Crippen molar-refractivity contribution in [1.29, 1.82) is 0 Å². The van der Waals surface area contributed by atoms with Crippen molar-refractivity contribution in [2.24, 2.45) is 0 Å². The SMILES string of the molecule is COc1ccc([C@H](Cc2c(Cl)c[n+]([O-])cc2Cl)OC(=O)[C@@H]2SCCN2S(=O)(=O)c2cccc(C(=O)N(C)C)c2)cc1OC. The molecule has 0 bridgehead atoms. The molecule has 11 nitrogen and oxygen atoms in total. The van der Waals surface area contributed by atoms with Crippen LogP contribution in [0.4, 0.5) is 0 Å². The van der Waals surface area contributed by atoms with Crippen LogP contribution in [0.15, 0.2) is 59.8 Å². The molecule has 1 aliphatic rings. The van der Waals surface area contributed by atoms with E-state index in [9.17, 15) is 23.2 Å². The van der Waals surface area contributed by atoms with E-state index in [0.29, 0.717) is 33.1 Å². The van der Waals surface area contributed by atoms with Crippen LogP contribution in [0.2, 0.25) is 10.0 Å². The van der Waals surface area contributed by atoms with Crippen molar-refractivity contribution in [3.05, 3.63) is 86.8 Å². The lowest BCUT2D eigenvalue weighted by molar-refractivity contribution is -0.605. The van der Waals surface area contributed by atoms with Crippen LogP contribution in [0.3, 0.4) is 0 Å². The van der Waals surface area contributed by atoms with Gasteiger partial charge in [-0.05, 0) is 35.9 Å². The van der Waals surface area contributed by atoms with Gasteiger partial charge in [0.25, 0.3) is 5.91 Å². The van der Waals surface area contributed by atoms with Gasteiger partial charge in [0.2, 0.25) is 10.0 Å². The number of methoxy groups -OCH3 is 2. The van der Waals surface area contributed by atoms with Crippen LogP contribution in [0.5, 0.6) is 11.5 Å². The lowest BCUT2D eigenvalue weighted by Crippen LogP contribution is -2.40. The van der Waals surface area contributed by atoms with Gasteiger partial charge in [-0.3, -0.25) is 4.79 Å². The fraction of sp³-hybridized carbons (Fsp3) is 0.321. The van der Waals surface area contributed by atoms with E-state index in [1.807, 2.05) is 0 Å². The standard InChI is InChI=1S/C28H29Cl2N3O8S2/c1-31(2)26(34)18-6-5-7-19(12-18)43(37,38)33-10-11-42-27(33)28(35)41-24(14-20-21(29)15-32(36)16-22(20)30)17-8-9-23(39-3)25(13-17)40-4/h5-9,12-13,15-16,24,27H,10-11,14H2,1-4H3/t24-,27-/m0/s1. The van der Waals surface area contributed by atoms with E-state index in [1.54, 1.807) is 32.3 Å². The average molecular weight is 671 g/mol. The highest BCUT2D eigenvalue weighted by molar-refractivity contribution is 8.02. The largest absolute Gasteiger partial charge is 0.619 e. The highest BCUT2D eigenvalue weighted by Crippen LogP contribution is 2.37. The quantitative estimate of drug-likeness (QED) is 0.179. The molecular formula is C28H29Cl2N3O8S2. The van der Waals surface area contributed by atoms with E-state index in [1.165, 1.54) is 43.4 Å². The topological polar surface area (TPSA) is 129 Å². The molecule has 2 atom stereocenters. The zero-order chi connectivity index (χ0) is 31.5. The number of amides is 1. The van der Waals surface area contributed by atoms with E-state index in [2.05, 4.69) is 0 Å². The highest BCUT2D eigenvalue weighted by atomic mass is 35.5. The zero-order valence-electron chi connectivity index (χ0n) is 23.7. The third-order valence-corrected chi connectivity index (χ3v) is 10.5. The van der Waals surface area contributed by atoms with Gasteiger partial charge < -0.3 is 24.3 Å². The molecule has 230 valence electrons. The number of nitrogens with zero attached hydrogens (tertiary/aromatic N) is 3. The summed E-state index contributed by atoms with van der Waals surface area (Å²) in [6.45, 7) is 0.0550. The predicted octanol–water partition coefficient (Wildman–Crippen LogP) is 3.94. The van der Waals surface area contributed by atoms with Crippen molar-refractivity contribution in [3.63, 3.8) is 0 Å². The molecule has 1 aliphatic heterocycles. The third kappa shape index (κ3) is 7.13. The minimum absolute atomic E-state index is 0.0292. The highest BCUT2D eigenvalue weighted by Gasteiger charge is 2.42. The first-order valence-corrected chi connectivity index (χ1v) is 16.1. The number of benzene rings is 2. The normalized spacial score (nSPS) is 16.0. The van der Waals surface area contributed by atoms with Crippen LogP contribution in [0.25, 0.3) is 0 Å². The van der Waals surface area contributed by atoms with E-state index >= 15 is 0 Å². The molecule has 43 heavy (non-hydrogen) atoms. The van der Waals surface area contributed by atoms with Crippen LogP contribution < -0.4 is 14.2 Å². The van der Waals surface area contributed by atoms with Gasteiger partial charge in [-0.25, -0.2) is 13.2 Å². The molecule has 1 fully saturated rings. The average Bonchev–Trinajstić information content (AvgIpc) is 3.49. The minimum atomic E-state index is -4.19. The summed E-state index contributed by atoms with van der Waals surface area (Å²) in [4.78, 5) is 27.4. The van der Waals surface area contributed by atoms with Gasteiger partial charge in [0.05, 0.1) is 19.1 Å². The van der Waals surface area contributed by atoms with Gasteiger partial charge in [-0.2, -0.15) is 9.04 Å². The van der Waals surface area contributed by atoms with Crippen LogP contribution in [0.1, 0.15) is 27.6 Å². The van der Waals surface area contributed by atoms with Gasteiger partial charge >= 0.3 is 5.97 Å². The maximum atomic E-state index is 13.7. The van der Waals surface area contributed by atoms with E-state index in [4.69, 9.17) is 37.4 Å². The Morgan fingerprint density at radius 2 is 1.77 bits per heavy atom. The van der Waals surface area contributed by atoms with Crippen molar-refractivity contribution in [2.45, 2.75) is 22.8 Å². The molecule has 0 spiro atoms. The number of ether oxygens (including phenoxy) is 3. The Hall–Kier alpha value is -3.23. The molecule has 3 aromatic rings. The third-order valence-electron chi connectivity index (χ3n) is 6.63. The predicted molar refractivity (Wildman–Crippen MR) is 162 cm³/mol. The number of rotatable bonds is 10. The van der Waals surface area contributed by atoms with Crippen LogP contribution in [0, 0.1) is 5.21 Å². The fourth-order valence-electron chi connectivity index (χ4n) is 4.46. The van der Waals surface area contributed by atoms with Crippen molar-refractivity contribution in [1.82, 2.24) is 9.21 Å². The summed E-state index contributed by atoms with van der Waals surface area (Å²) in [6, 6.07) is 10.6. The fourth-order valence-corrected chi connectivity index (χ4v) is 8.15. The van der Waals surface area contributed by atoms with E-state index < -0.39 is 27.5 Å². The molecule has 1 aromatic heterocycles. The summed E-state index contributed by atoms with van der Waals surface area (Å²) >= 11 is 13.8. The number of aromatic nitrogens is 1. The van der Waals surface area contributed by atoms with Crippen molar-refractivity contribution in [3.8, 4) is 11.5 Å². The monoisotopic (exact) mass is 669 g/mol. The summed E-state index contributed by atoms with van der Waals surface area (Å²) in [5.41, 5.74) is 1.04. The van der Waals surface area contributed by atoms with Gasteiger partial charge in [0.15, 0.2) is 29.3 Å². The van der Waals surface area contributed by atoms with Crippen molar-refractivity contribution < 1.29 is 36.9 Å². The second-order valence-corrected chi connectivity index (χ2v) is 13.5. The zero-order valence-corrected chi connectivity index (χ0v) is 26.8. The first kappa shape index (κ1) is 32.7. The summed E-state index contributed by atoms with van der Waals surface area (Å²) in [6.07, 6.45) is 1.23. The van der Waals surface area contributed by atoms with E-state index in [-0.39, 0.29) is 39.4 Å². The summed E-state index contributed by atoms with van der Waals surface area (Å²) in [7, 11) is 1.88. The number of carbonyl (C=O) groups excluding carboxylic acids is 2. The second kappa shape index (κ2) is 13.6. The van der Waals surface area contributed by atoms with Gasteiger partial charge in [-0.15, -0.1) is 11.8 Å². The van der Waals surface area contributed by atoms with Gasteiger partial charge in [0, 0.05) is 43.9 Å². The lowest BCUT2D eigenvalue weighted by Gasteiger charge is -2.26. The molecule has 0 saturated carbocycles. The molecule has 2 aromatic carbocycles. The first-order chi connectivity index (χ1) is 20.4. The molecule has 4 rings (SSSR count). The van der Waals surface area contributed by atoms with E-state index in [0.717, 1.165) is 28.5 Å². The van der Waals surface area contributed by atoms with Crippen LogP contribution in [-0.2, 0) is 26.0 Å². The Bertz CT molecular complexity index is 1610. The summed E-state index contributed by atoms with van der Waals surface area (Å²) in [5.74, 6) is -0.0138. The second-order valence-electron chi connectivity index (χ2n) is 9.60. The summed E-state index contributed by atoms with van der Waals surface area (Å²) < 4.78 is 45.6. The van der Waals surface area contributed by atoms with Crippen LogP contribution in [-0.4, -0.2) is 75.5 Å².